The Balaban J connectivity index is 2.18. The maximum atomic E-state index is 12.2. The second-order valence-corrected chi connectivity index (χ2v) is 5.03. The fourth-order valence-corrected chi connectivity index (χ4v) is 2.52. The van der Waals surface area contributed by atoms with Crippen molar-refractivity contribution in [3.8, 4) is 0 Å². The Morgan fingerprint density at radius 2 is 2.11 bits per heavy atom. The van der Waals surface area contributed by atoms with Crippen molar-refractivity contribution in [1.82, 2.24) is 10.2 Å². The average Bonchev–Trinajstić information content (AvgIpc) is 2.40. The second-order valence-electron chi connectivity index (χ2n) is 5.03. The molecule has 0 aromatic heterocycles. The van der Waals surface area contributed by atoms with Crippen molar-refractivity contribution in [1.29, 1.82) is 0 Å². The molecule has 0 aliphatic carbocycles. The number of carbonyl (C=O) groups is 1. The van der Waals surface area contributed by atoms with Crippen LogP contribution in [-0.2, 0) is 4.79 Å². The van der Waals surface area contributed by atoms with E-state index in [9.17, 15) is 4.79 Å². The van der Waals surface area contributed by atoms with Crippen molar-refractivity contribution in [2.75, 3.05) is 13.1 Å². The second kappa shape index (κ2) is 6.01. The fourth-order valence-electron chi connectivity index (χ4n) is 2.52. The summed E-state index contributed by atoms with van der Waals surface area (Å²) in [7, 11) is 0. The Labute approximate surface area is 109 Å². The third-order valence-electron chi connectivity index (χ3n) is 3.47. The number of rotatable bonds is 3. The molecule has 3 heteroatoms. The topological polar surface area (TPSA) is 32.3 Å². The van der Waals surface area contributed by atoms with Gasteiger partial charge in [-0.25, -0.2) is 0 Å². The van der Waals surface area contributed by atoms with Crippen LogP contribution < -0.4 is 5.32 Å². The van der Waals surface area contributed by atoms with Crippen molar-refractivity contribution < 1.29 is 4.79 Å². The molecule has 0 bridgehead atoms. The molecule has 2 rings (SSSR count). The quantitative estimate of drug-likeness (QED) is 0.888. The van der Waals surface area contributed by atoms with Crippen molar-refractivity contribution in [3.05, 3.63) is 35.9 Å². The zero-order valence-corrected chi connectivity index (χ0v) is 11.2. The van der Waals surface area contributed by atoms with Gasteiger partial charge in [0.15, 0.2) is 0 Å². The highest BCUT2D eigenvalue weighted by Crippen LogP contribution is 2.24. The third kappa shape index (κ3) is 2.91. The molecule has 1 amide bonds. The van der Waals surface area contributed by atoms with E-state index in [2.05, 4.69) is 31.3 Å². The SMILES string of the molecule is CCCC(=O)N1CC(C)NCC1c1ccccc1. The maximum absolute atomic E-state index is 12.2. The summed E-state index contributed by atoms with van der Waals surface area (Å²) in [6.07, 6.45) is 1.56. The van der Waals surface area contributed by atoms with Crippen LogP contribution in [0.25, 0.3) is 0 Å². The summed E-state index contributed by atoms with van der Waals surface area (Å²) in [6.45, 7) is 5.84. The molecule has 1 aromatic carbocycles. The van der Waals surface area contributed by atoms with Gasteiger partial charge in [-0.3, -0.25) is 4.79 Å². The molecule has 1 aromatic rings. The summed E-state index contributed by atoms with van der Waals surface area (Å²) in [5, 5.41) is 3.46. The fraction of sp³-hybridized carbons (Fsp3) is 0.533. The molecule has 98 valence electrons. The molecule has 0 saturated carbocycles. The number of piperazine rings is 1. The Bertz CT molecular complexity index is 391. The van der Waals surface area contributed by atoms with E-state index in [0.29, 0.717) is 12.5 Å². The number of hydrogen-bond donors (Lipinski definition) is 1. The lowest BCUT2D eigenvalue weighted by Crippen LogP contribution is -2.53. The van der Waals surface area contributed by atoms with Gasteiger partial charge in [0.2, 0.25) is 5.91 Å². The molecule has 2 atom stereocenters. The predicted molar refractivity (Wildman–Crippen MR) is 73.3 cm³/mol. The van der Waals surface area contributed by atoms with Crippen LogP contribution in [0.5, 0.6) is 0 Å². The average molecular weight is 246 g/mol. The lowest BCUT2D eigenvalue weighted by Gasteiger charge is -2.39. The van der Waals surface area contributed by atoms with Crippen LogP contribution in [0.4, 0.5) is 0 Å². The largest absolute Gasteiger partial charge is 0.333 e. The van der Waals surface area contributed by atoms with Crippen molar-refractivity contribution in [2.24, 2.45) is 0 Å². The van der Waals surface area contributed by atoms with E-state index in [-0.39, 0.29) is 11.9 Å². The Kier molecular flexibility index (Phi) is 4.37. The first-order valence-electron chi connectivity index (χ1n) is 6.80. The first kappa shape index (κ1) is 13.1. The number of benzene rings is 1. The summed E-state index contributed by atoms with van der Waals surface area (Å²) in [6, 6.07) is 10.9. The Morgan fingerprint density at radius 3 is 2.78 bits per heavy atom. The molecule has 1 heterocycles. The normalized spacial score (nSPS) is 24.0. The number of carbonyl (C=O) groups excluding carboxylic acids is 1. The summed E-state index contributed by atoms with van der Waals surface area (Å²) >= 11 is 0. The molecule has 1 fully saturated rings. The molecule has 0 spiro atoms. The summed E-state index contributed by atoms with van der Waals surface area (Å²) < 4.78 is 0. The molecule has 1 aliphatic heterocycles. The summed E-state index contributed by atoms with van der Waals surface area (Å²) in [4.78, 5) is 14.3. The molecule has 2 unspecified atom stereocenters. The van der Waals surface area contributed by atoms with Crippen LogP contribution in [-0.4, -0.2) is 29.9 Å². The molecule has 0 radical (unpaired) electrons. The first-order valence-corrected chi connectivity index (χ1v) is 6.80. The summed E-state index contributed by atoms with van der Waals surface area (Å²) in [5.74, 6) is 0.278. The molecule has 18 heavy (non-hydrogen) atoms. The number of hydrogen-bond acceptors (Lipinski definition) is 2. The van der Waals surface area contributed by atoms with Gasteiger partial charge in [-0.05, 0) is 18.9 Å². The maximum Gasteiger partial charge on any atom is 0.223 e. The van der Waals surface area contributed by atoms with Crippen LogP contribution in [0.3, 0.4) is 0 Å². The van der Waals surface area contributed by atoms with E-state index in [1.165, 1.54) is 5.56 Å². The van der Waals surface area contributed by atoms with Gasteiger partial charge in [-0.2, -0.15) is 0 Å². The van der Waals surface area contributed by atoms with Crippen LogP contribution in [0.2, 0.25) is 0 Å². The first-order chi connectivity index (χ1) is 8.72. The molecule has 3 nitrogen and oxygen atoms in total. The van der Waals surface area contributed by atoms with E-state index in [1.807, 2.05) is 23.1 Å². The lowest BCUT2D eigenvalue weighted by molar-refractivity contribution is -0.135. The molecule has 1 aliphatic rings. The molecular formula is C15H22N2O. The number of nitrogens with zero attached hydrogens (tertiary/aromatic N) is 1. The van der Waals surface area contributed by atoms with Gasteiger partial charge in [0.1, 0.15) is 0 Å². The smallest absolute Gasteiger partial charge is 0.223 e. The molecule has 1 saturated heterocycles. The van der Waals surface area contributed by atoms with Gasteiger partial charge in [0.05, 0.1) is 6.04 Å². The van der Waals surface area contributed by atoms with E-state index < -0.39 is 0 Å². The van der Waals surface area contributed by atoms with Gasteiger partial charge in [0, 0.05) is 25.6 Å². The number of nitrogens with one attached hydrogen (secondary N) is 1. The minimum absolute atomic E-state index is 0.182. The van der Waals surface area contributed by atoms with Crippen LogP contribution in [0.15, 0.2) is 30.3 Å². The van der Waals surface area contributed by atoms with Crippen LogP contribution in [0, 0.1) is 0 Å². The van der Waals surface area contributed by atoms with Crippen molar-refractivity contribution in [2.45, 2.75) is 38.8 Å². The zero-order chi connectivity index (χ0) is 13.0. The summed E-state index contributed by atoms with van der Waals surface area (Å²) in [5.41, 5.74) is 1.22. The minimum Gasteiger partial charge on any atom is -0.333 e. The molecule has 1 N–H and O–H groups in total. The monoisotopic (exact) mass is 246 g/mol. The Hall–Kier alpha value is -1.35. The van der Waals surface area contributed by atoms with Gasteiger partial charge in [-0.15, -0.1) is 0 Å². The van der Waals surface area contributed by atoms with E-state index in [4.69, 9.17) is 0 Å². The van der Waals surface area contributed by atoms with Crippen LogP contribution >= 0.6 is 0 Å². The standard InChI is InChI=1S/C15H22N2O/c1-3-7-15(18)17-11-12(2)16-10-14(17)13-8-5-4-6-9-13/h4-6,8-9,12,14,16H,3,7,10-11H2,1-2H3. The zero-order valence-electron chi connectivity index (χ0n) is 11.2. The van der Waals surface area contributed by atoms with Crippen molar-refractivity contribution in [3.63, 3.8) is 0 Å². The highest BCUT2D eigenvalue weighted by Gasteiger charge is 2.29. The minimum atomic E-state index is 0.182. The van der Waals surface area contributed by atoms with Gasteiger partial charge < -0.3 is 10.2 Å². The van der Waals surface area contributed by atoms with Gasteiger partial charge in [0.25, 0.3) is 0 Å². The molecular weight excluding hydrogens is 224 g/mol. The highest BCUT2D eigenvalue weighted by molar-refractivity contribution is 5.77. The van der Waals surface area contributed by atoms with E-state index in [1.54, 1.807) is 0 Å². The predicted octanol–water partition coefficient (Wildman–Crippen LogP) is 2.35. The van der Waals surface area contributed by atoms with E-state index in [0.717, 1.165) is 19.5 Å². The Morgan fingerprint density at radius 1 is 1.39 bits per heavy atom. The van der Waals surface area contributed by atoms with Crippen molar-refractivity contribution >= 4 is 5.91 Å². The number of amides is 1. The van der Waals surface area contributed by atoms with Crippen LogP contribution in [0.1, 0.15) is 38.3 Å². The van der Waals surface area contributed by atoms with E-state index >= 15 is 0 Å². The van der Waals surface area contributed by atoms with Gasteiger partial charge in [-0.1, -0.05) is 37.3 Å². The highest BCUT2D eigenvalue weighted by atomic mass is 16.2. The lowest BCUT2D eigenvalue weighted by atomic mass is 10.0. The third-order valence-corrected chi connectivity index (χ3v) is 3.47. The van der Waals surface area contributed by atoms with Gasteiger partial charge >= 0.3 is 0 Å².